The average molecular weight is 731 g/mol. The summed E-state index contributed by atoms with van der Waals surface area (Å²) in [7, 11) is 0. The van der Waals surface area contributed by atoms with E-state index >= 15 is 0 Å². The zero-order valence-corrected chi connectivity index (χ0v) is 34.3. The highest BCUT2D eigenvalue weighted by atomic mass is 16.6. The molecule has 0 radical (unpaired) electrons. The highest BCUT2D eigenvalue weighted by Crippen LogP contribution is 2.13. The van der Waals surface area contributed by atoms with Gasteiger partial charge in [-0.15, -0.1) is 0 Å². The van der Waals surface area contributed by atoms with Crippen LogP contribution < -0.4 is 0 Å². The molecule has 0 bridgehead atoms. The summed E-state index contributed by atoms with van der Waals surface area (Å²) in [5.74, 6) is -0.932. The van der Waals surface area contributed by atoms with Crippen LogP contribution in [0.25, 0.3) is 0 Å². The Labute approximate surface area is 321 Å². The van der Waals surface area contributed by atoms with Crippen molar-refractivity contribution in [2.75, 3.05) is 13.2 Å². The van der Waals surface area contributed by atoms with Gasteiger partial charge >= 0.3 is 17.9 Å². The predicted molar refractivity (Wildman–Crippen MR) is 219 cm³/mol. The molecule has 0 amide bonds. The van der Waals surface area contributed by atoms with E-state index in [1.54, 1.807) is 0 Å². The van der Waals surface area contributed by atoms with E-state index in [0.29, 0.717) is 19.3 Å². The fourth-order valence-electron chi connectivity index (χ4n) is 5.93. The van der Waals surface area contributed by atoms with Crippen LogP contribution >= 0.6 is 0 Å². The minimum atomic E-state index is -0.783. The second-order valence-corrected chi connectivity index (χ2v) is 14.6. The van der Waals surface area contributed by atoms with Crippen molar-refractivity contribution in [2.24, 2.45) is 0 Å². The molecule has 1 atom stereocenters. The third-order valence-corrected chi connectivity index (χ3v) is 9.34. The molecule has 302 valence electrons. The summed E-state index contributed by atoms with van der Waals surface area (Å²) >= 11 is 0. The summed E-state index contributed by atoms with van der Waals surface area (Å²) < 4.78 is 16.6. The third kappa shape index (κ3) is 38.9. The molecule has 0 fully saturated rings. The molecular weight excluding hydrogens is 648 g/mol. The number of esters is 3. The fraction of sp³-hybridized carbons (Fsp3) is 0.804. The average Bonchev–Trinajstić information content (AvgIpc) is 3.14. The first-order valence-electron chi connectivity index (χ1n) is 22.0. The molecule has 1 unspecified atom stereocenters. The minimum Gasteiger partial charge on any atom is -0.462 e. The third-order valence-electron chi connectivity index (χ3n) is 9.34. The number of carbonyl (C=O) groups is 3. The van der Waals surface area contributed by atoms with Gasteiger partial charge in [0, 0.05) is 19.3 Å². The summed E-state index contributed by atoms with van der Waals surface area (Å²) in [5, 5.41) is 0. The van der Waals surface area contributed by atoms with Crippen molar-refractivity contribution in [1.82, 2.24) is 0 Å². The van der Waals surface area contributed by atoms with Gasteiger partial charge in [0.2, 0.25) is 0 Å². The van der Waals surface area contributed by atoms with E-state index in [-0.39, 0.29) is 31.1 Å². The van der Waals surface area contributed by atoms with Crippen LogP contribution in [0.5, 0.6) is 0 Å². The smallest absolute Gasteiger partial charge is 0.306 e. The van der Waals surface area contributed by atoms with Crippen molar-refractivity contribution in [3.63, 3.8) is 0 Å². The van der Waals surface area contributed by atoms with Gasteiger partial charge in [-0.3, -0.25) is 14.4 Å². The normalized spacial score (nSPS) is 12.3. The summed E-state index contributed by atoms with van der Waals surface area (Å²) in [6, 6.07) is 0. The van der Waals surface area contributed by atoms with Crippen LogP contribution in [0.3, 0.4) is 0 Å². The molecule has 0 aliphatic carbocycles. The maximum absolute atomic E-state index is 12.6. The van der Waals surface area contributed by atoms with Crippen molar-refractivity contribution in [2.45, 2.75) is 226 Å². The Hall–Kier alpha value is -2.37. The molecule has 0 N–H and O–H groups in total. The number of unbranched alkanes of at least 4 members (excludes halogenated alkanes) is 22. The summed E-state index contributed by atoms with van der Waals surface area (Å²) in [6.07, 6.45) is 45.6. The zero-order valence-electron chi connectivity index (χ0n) is 34.3. The zero-order chi connectivity index (χ0) is 38.0. The number of hydrogen-bond donors (Lipinski definition) is 0. The molecule has 0 heterocycles. The molecule has 6 heteroatoms. The van der Waals surface area contributed by atoms with Crippen molar-refractivity contribution < 1.29 is 28.6 Å². The largest absolute Gasteiger partial charge is 0.462 e. The predicted octanol–water partition coefficient (Wildman–Crippen LogP) is 13.8. The summed E-state index contributed by atoms with van der Waals surface area (Å²) in [4.78, 5) is 37.6. The fourth-order valence-corrected chi connectivity index (χ4v) is 5.93. The van der Waals surface area contributed by atoms with E-state index in [1.165, 1.54) is 70.6 Å². The molecule has 0 aromatic rings. The van der Waals surface area contributed by atoms with E-state index in [2.05, 4.69) is 57.2 Å². The van der Waals surface area contributed by atoms with Gasteiger partial charge in [-0.1, -0.05) is 154 Å². The molecule has 0 aliphatic heterocycles. The Balaban J connectivity index is 4.39. The van der Waals surface area contributed by atoms with Gasteiger partial charge < -0.3 is 14.2 Å². The number of hydrogen-bond acceptors (Lipinski definition) is 6. The van der Waals surface area contributed by atoms with Crippen LogP contribution in [0.1, 0.15) is 220 Å². The van der Waals surface area contributed by atoms with Crippen LogP contribution in [-0.4, -0.2) is 37.2 Å². The van der Waals surface area contributed by atoms with E-state index in [4.69, 9.17) is 14.2 Å². The summed E-state index contributed by atoms with van der Waals surface area (Å²) in [6.45, 7) is 6.50. The number of carbonyl (C=O) groups excluding carboxylic acids is 3. The van der Waals surface area contributed by atoms with Gasteiger partial charge in [-0.05, 0) is 83.5 Å². The SMILES string of the molecule is CCCC/C=C\CCCCCCC(=O)OCC(COC(=O)CCCCC/C=C\CCCCCCCCC)OC(=O)CCCCCC/C=C\CCCC. The lowest BCUT2D eigenvalue weighted by molar-refractivity contribution is -0.167. The summed E-state index contributed by atoms with van der Waals surface area (Å²) in [5.41, 5.74) is 0. The quantitative estimate of drug-likeness (QED) is 0.0271. The van der Waals surface area contributed by atoms with Gasteiger partial charge in [0.1, 0.15) is 13.2 Å². The Kier molecular flexibility index (Phi) is 39.5. The molecule has 0 spiro atoms. The Bertz CT molecular complexity index is 891. The van der Waals surface area contributed by atoms with Crippen molar-refractivity contribution >= 4 is 17.9 Å². The first-order valence-corrected chi connectivity index (χ1v) is 22.0. The van der Waals surface area contributed by atoms with Gasteiger partial charge in [-0.2, -0.15) is 0 Å². The standard InChI is InChI=1S/C46H82O6/c1-4-7-10-13-16-19-22-23-24-25-28-30-33-36-39-45(48)51-42-43(52-46(49)40-37-34-31-27-21-18-15-12-9-6-3)41-50-44(47)38-35-32-29-26-20-17-14-11-8-5-2/h14-15,17-18,24-25,43H,4-13,16,19-23,26-42H2,1-3H3/b17-14-,18-15-,25-24-. The minimum absolute atomic E-state index is 0.0873. The second kappa shape index (κ2) is 41.4. The molecule has 0 rings (SSSR count). The molecule has 0 aliphatic rings. The number of ether oxygens (including phenoxy) is 3. The van der Waals surface area contributed by atoms with Gasteiger partial charge in [0.05, 0.1) is 0 Å². The van der Waals surface area contributed by atoms with E-state index in [0.717, 1.165) is 109 Å². The first-order chi connectivity index (χ1) is 25.5. The maximum atomic E-state index is 12.6. The molecular formula is C46H82O6. The molecule has 0 saturated carbocycles. The monoisotopic (exact) mass is 731 g/mol. The second-order valence-electron chi connectivity index (χ2n) is 14.6. The number of allylic oxidation sites excluding steroid dienone is 6. The van der Waals surface area contributed by atoms with Gasteiger partial charge in [0.25, 0.3) is 0 Å². The van der Waals surface area contributed by atoms with Crippen LogP contribution in [0.2, 0.25) is 0 Å². The van der Waals surface area contributed by atoms with Crippen molar-refractivity contribution in [1.29, 1.82) is 0 Å². The molecule has 0 aromatic carbocycles. The first kappa shape index (κ1) is 49.6. The molecule has 52 heavy (non-hydrogen) atoms. The van der Waals surface area contributed by atoms with E-state index in [9.17, 15) is 14.4 Å². The topological polar surface area (TPSA) is 78.9 Å². The lowest BCUT2D eigenvalue weighted by Crippen LogP contribution is -2.30. The van der Waals surface area contributed by atoms with Crippen LogP contribution in [0.4, 0.5) is 0 Å². The Morgan fingerprint density at radius 1 is 0.365 bits per heavy atom. The van der Waals surface area contributed by atoms with E-state index < -0.39 is 6.10 Å². The Morgan fingerprint density at radius 3 is 1.04 bits per heavy atom. The van der Waals surface area contributed by atoms with Crippen molar-refractivity contribution in [3.8, 4) is 0 Å². The van der Waals surface area contributed by atoms with Crippen LogP contribution in [0, 0.1) is 0 Å². The lowest BCUT2D eigenvalue weighted by Gasteiger charge is -2.18. The van der Waals surface area contributed by atoms with E-state index in [1.807, 2.05) is 0 Å². The highest BCUT2D eigenvalue weighted by molar-refractivity contribution is 5.71. The van der Waals surface area contributed by atoms with Gasteiger partial charge in [0.15, 0.2) is 6.10 Å². The van der Waals surface area contributed by atoms with Crippen LogP contribution in [0.15, 0.2) is 36.5 Å². The Morgan fingerprint density at radius 2 is 0.654 bits per heavy atom. The molecule has 0 aromatic heterocycles. The molecule has 6 nitrogen and oxygen atoms in total. The highest BCUT2D eigenvalue weighted by Gasteiger charge is 2.19. The maximum Gasteiger partial charge on any atom is 0.306 e. The van der Waals surface area contributed by atoms with Crippen LogP contribution in [-0.2, 0) is 28.6 Å². The lowest BCUT2D eigenvalue weighted by atomic mass is 10.1. The number of rotatable bonds is 39. The van der Waals surface area contributed by atoms with Gasteiger partial charge in [-0.25, -0.2) is 0 Å². The molecule has 0 saturated heterocycles. The van der Waals surface area contributed by atoms with Crippen molar-refractivity contribution in [3.05, 3.63) is 36.5 Å².